The number of nitrogens with one attached hydrogen (secondary N) is 2. The van der Waals surface area contributed by atoms with Crippen molar-refractivity contribution in [2.45, 2.75) is 57.5 Å². The number of carbonyl (C=O) groups excluding carboxylic acids is 1. The van der Waals surface area contributed by atoms with Crippen molar-refractivity contribution in [3.8, 4) is 0 Å². The summed E-state index contributed by atoms with van der Waals surface area (Å²) in [6.07, 6.45) is 7.01. The van der Waals surface area contributed by atoms with Crippen molar-refractivity contribution in [2.24, 2.45) is 4.99 Å². The lowest BCUT2D eigenvalue weighted by Crippen LogP contribution is -2.50. The number of halogens is 1. The van der Waals surface area contributed by atoms with Crippen LogP contribution in [0.25, 0.3) is 0 Å². The smallest absolute Gasteiger partial charge is 0.409 e. The Kier molecular flexibility index (Phi) is 11.3. The third-order valence-corrected chi connectivity index (χ3v) is 5.28. The van der Waals surface area contributed by atoms with E-state index >= 15 is 0 Å². The molecule has 0 aromatic rings. The second-order valence-corrected chi connectivity index (χ2v) is 7.06. The highest BCUT2D eigenvalue weighted by Gasteiger charge is 2.23. The number of nitrogens with zero attached hydrogens (tertiary/aromatic N) is 3. The van der Waals surface area contributed by atoms with Gasteiger partial charge in [-0.25, -0.2) is 4.79 Å². The molecular formula is C18H36IN5O2. The Labute approximate surface area is 175 Å². The topological polar surface area (TPSA) is 69.2 Å². The van der Waals surface area contributed by atoms with Crippen molar-refractivity contribution in [3.05, 3.63) is 0 Å². The van der Waals surface area contributed by atoms with Crippen molar-refractivity contribution in [2.75, 3.05) is 46.9 Å². The third kappa shape index (κ3) is 7.46. The van der Waals surface area contributed by atoms with Gasteiger partial charge in [0.1, 0.15) is 0 Å². The summed E-state index contributed by atoms with van der Waals surface area (Å²) in [5, 5.41) is 6.85. The van der Waals surface area contributed by atoms with E-state index < -0.39 is 0 Å². The van der Waals surface area contributed by atoms with Gasteiger partial charge in [0.2, 0.25) is 0 Å². The fourth-order valence-electron chi connectivity index (χ4n) is 3.70. The van der Waals surface area contributed by atoms with E-state index in [4.69, 9.17) is 9.73 Å². The van der Waals surface area contributed by atoms with E-state index in [1.165, 1.54) is 32.8 Å². The lowest BCUT2D eigenvalue weighted by molar-refractivity contribution is 0.111. The van der Waals surface area contributed by atoms with Gasteiger partial charge in [0.25, 0.3) is 0 Å². The van der Waals surface area contributed by atoms with Gasteiger partial charge in [0.15, 0.2) is 5.96 Å². The third-order valence-electron chi connectivity index (χ3n) is 5.28. The van der Waals surface area contributed by atoms with E-state index in [-0.39, 0.29) is 30.1 Å². The molecule has 1 heterocycles. The van der Waals surface area contributed by atoms with Crippen LogP contribution in [-0.4, -0.2) is 80.8 Å². The van der Waals surface area contributed by atoms with Crippen LogP contribution in [0.3, 0.4) is 0 Å². The van der Waals surface area contributed by atoms with Gasteiger partial charge in [0, 0.05) is 38.3 Å². The number of hydrogen-bond donors (Lipinski definition) is 2. The number of likely N-dealkylation sites (tertiary alicyclic amines) is 1. The van der Waals surface area contributed by atoms with E-state index in [2.05, 4.69) is 29.5 Å². The Balaban J connectivity index is 0.00000338. The maximum Gasteiger partial charge on any atom is 0.409 e. The average molecular weight is 481 g/mol. The number of guanidine groups is 1. The number of methoxy groups -OCH3 is 1. The maximum atomic E-state index is 11.6. The van der Waals surface area contributed by atoms with Crippen molar-refractivity contribution in [1.82, 2.24) is 20.4 Å². The van der Waals surface area contributed by atoms with Gasteiger partial charge >= 0.3 is 6.09 Å². The Morgan fingerprint density at radius 3 is 2.46 bits per heavy atom. The minimum absolute atomic E-state index is 0. The molecule has 1 aliphatic carbocycles. The quantitative estimate of drug-likeness (QED) is 0.346. The summed E-state index contributed by atoms with van der Waals surface area (Å²) in [6, 6.07) is 1.10. The van der Waals surface area contributed by atoms with E-state index in [1.807, 2.05) is 0 Å². The van der Waals surface area contributed by atoms with Crippen LogP contribution in [0.1, 0.15) is 45.4 Å². The highest BCUT2D eigenvalue weighted by molar-refractivity contribution is 14.0. The zero-order valence-corrected chi connectivity index (χ0v) is 18.8. The Morgan fingerprint density at radius 1 is 1.23 bits per heavy atom. The molecule has 2 aliphatic rings. The average Bonchev–Trinajstić information content (AvgIpc) is 3.16. The SMILES string of the molecule is CCNC(=NCCN(C)C1CCCC1)NC1CCN(C(=O)OC)CC1.I. The van der Waals surface area contributed by atoms with Gasteiger partial charge < -0.3 is 25.2 Å². The van der Waals surface area contributed by atoms with Crippen LogP contribution in [0, 0.1) is 0 Å². The molecule has 2 fully saturated rings. The molecule has 0 unspecified atom stereocenters. The Morgan fingerprint density at radius 2 is 1.88 bits per heavy atom. The Hall–Kier alpha value is -0.770. The zero-order valence-electron chi connectivity index (χ0n) is 16.5. The van der Waals surface area contributed by atoms with Crippen LogP contribution in [0.2, 0.25) is 0 Å². The predicted molar refractivity (Wildman–Crippen MR) is 116 cm³/mol. The van der Waals surface area contributed by atoms with Crippen LogP contribution in [-0.2, 0) is 4.74 Å². The minimum atomic E-state index is -0.228. The lowest BCUT2D eigenvalue weighted by atomic mass is 10.1. The first-order valence-corrected chi connectivity index (χ1v) is 9.72. The number of piperidine rings is 1. The molecule has 0 aromatic carbocycles. The van der Waals surface area contributed by atoms with Crippen molar-refractivity contribution >= 4 is 36.0 Å². The number of rotatable bonds is 6. The molecule has 2 rings (SSSR count). The van der Waals surface area contributed by atoms with Gasteiger partial charge in [-0.15, -0.1) is 24.0 Å². The highest BCUT2D eigenvalue weighted by Crippen LogP contribution is 2.21. The highest BCUT2D eigenvalue weighted by atomic mass is 127. The normalized spacial score (nSPS) is 19.4. The first kappa shape index (κ1) is 23.3. The van der Waals surface area contributed by atoms with Gasteiger partial charge in [-0.1, -0.05) is 12.8 Å². The largest absolute Gasteiger partial charge is 0.453 e. The standard InChI is InChI=1S/C18H35N5O2.HI/c1-4-19-17(20-11-14-22(2)16-7-5-6-8-16)21-15-9-12-23(13-10-15)18(24)25-3;/h15-16H,4-14H2,1-3H3,(H2,19,20,21);1H. The number of likely N-dealkylation sites (N-methyl/N-ethyl adjacent to an activating group) is 1. The van der Waals surface area contributed by atoms with E-state index in [0.29, 0.717) is 6.04 Å². The molecule has 0 aromatic heterocycles. The number of amides is 1. The predicted octanol–water partition coefficient (Wildman–Crippen LogP) is 2.26. The van der Waals surface area contributed by atoms with Crippen LogP contribution < -0.4 is 10.6 Å². The molecular weight excluding hydrogens is 445 g/mol. The maximum absolute atomic E-state index is 11.6. The molecule has 1 amide bonds. The van der Waals surface area contributed by atoms with Crippen molar-refractivity contribution < 1.29 is 9.53 Å². The van der Waals surface area contributed by atoms with Gasteiger partial charge in [-0.3, -0.25) is 4.99 Å². The second-order valence-electron chi connectivity index (χ2n) is 7.06. The zero-order chi connectivity index (χ0) is 18.1. The molecule has 0 bridgehead atoms. The molecule has 0 spiro atoms. The van der Waals surface area contributed by atoms with Gasteiger partial charge in [0.05, 0.1) is 13.7 Å². The molecule has 152 valence electrons. The van der Waals surface area contributed by atoms with Crippen LogP contribution in [0.5, 0.6) is 0 Å². The Bertz CT molecular complexity index is 435. The van der Waals surface area contributed by atoms with E-state index in [1.54, 1.807) is 4.90 Å². The fourth-order valence-corrected chi connectivity index (χ4v) is 3.70. The fraction of sp³-hybridized carbons (Fsp3) is 0.889. The first-order valence-electron chi connectivity index (χ1n) is 9.72. The molecule has 1 saturated heterocycles. The number of carbonyl (C=O) groups is 1. The van der Waals surface area contributed by atoms with Crippen LogP contribution in [0.4, 0.5) is 4.79 Å². The molecule has 2 N–H and O–H groups in total. The van der Waals surface area contributed by atoms with E-state index in [9.17, 15) is 4.79 Å². The molecule has 8 heteroatoms. The summed E-state index contributed by atoms with van der Waals surface area (Å²) in [4.78, 5) is 20.5. The number of hydrogen-bond acceptors (Lipinski definition) is 4. The molecule has 7 nitrogen and oxygen atoms in total. The molecule has 1 aliphatic heterocycles. The molecule has 26 heavy (non-hydrogen) atoms. The van der Waals surface area contributed by atoms with Crippen LogP contribution in [0.15, 0.2) is 4.99 Å². The monoisotopic (exact) mass is 481 g/mol. The summed E-state index contributed by atoms with van der Waals surface area (Å²) in [7, 11) is 3.65. The number of ether oxygens (including phenoxy) is 1. The van der Waals surface area contributed by atoms with Crippen molar-refractivity contribution in [3.63, 3.8) is 0 Å². The lowest BCUT2D eigenvalue weighted by Gasteiger charge is -2.32. The van der Waals surface area contributed by atoms with E-state index in [0.717, 1.165) is 57.6 Å². The summed E-state index contributed by atoms with van der Waals surface area (Å²) < 4.78 is 4.79. The van der Waals surface area contributed by atoms with Crippen molar-refractivity contribution in [1.29, 1.82) is 0 Å². The molecule has 0 atom stereocenters. The molecule has 0 radical (unpaired) electrons. The van der Waals surface area contributed by atoms with Gasteiger partial charge in [-0.05, 0) is 39.7 Å². The molecule has 1 saturated carbocycles. The summed E-state index contributed by atoms with van der Waals surface area (Å²) >= 11 is 0. The second kappa shape index (κ2) is 12.6. The summed E-state index contributed by atoms with van der Waals surface area (Å²) in [6.45, 7) is 6.21. The summed E-state index contributed by atoms with van der Waals surface area (Å²) in [5.41, 5.74) is 0. The minimum Gasteiger partial charge on any atom is -0.453 e. The van der Waals surface area contributed by atoms with Crippen LogP contribution >= 0.6 is 24.0 Å². The first-order chi connectivity index (χ1) is 12.1. The van der Waals surface area contributed by atoms with Gasteiger partial charge in [-0.2, -0.15) is 0 Å². The number of aliphatic imine (C=N–C) groups is 1. The summed E-state index contributed by atoms with van der Waals surface area (Å²) in [5.74, 6) is 0.888.